The Bertz CT molecular complexity index is 1250. The first-order valence-corrected chi connectivity index (χ1v) is 10.6. The van der Waals surface area contributed by atoms with Crippen LogP contribution >= 0.6 is 34.8 Å². The van der Waals surface area contributed by atoms with Crippen molar-refractivity contribution < 1.29 is 14.6 Å². The second kappa shape index (κ2) is 7.86. The fourth-order valence-corrected chi connectivity index (χ4v) is 4.21. The van der Waals surface area contributed by atoms with Crippen LogP contribution < -0.4 is 4.74 Å². The van der Waals surface area contributed by atoms with E-state index < -0.39 is 11.6 Å². The number of nitrogens with zero attached hydrogens (tertiary/aromatic N) is 1. The Morgan fingerprint density at radius 2 is 1.58 bits per heavy atom. The van der Waals surface area contributed by atoms with E-state index in [1.54, 1.807) is 43.3 Å². The van der Waals surface area contributed by atoms with Crippen LogP contribution in [0.25, 0.3) is 28.0 Å². The van der Waals surface area contributed by atoms with E-state index in [1.165, 1.54) is 0 Å². The molecule has 0 spiro atoms. The summed E-state index contributed by atoms with van der Waals surface area (Å²) in [7, 11) is 0. The number of aliphatic carboxylic acids is 1. The minimum atomic E-state index is -1.03. The normalized spacial score (nSPS) is 14.8. The molecule has 31 heavy (non-hydrogen) atoms. The molecule has 0 fully saturated rings. The number of carbonyl (C=O) groups is 1. The Morgan fingerprint density at radius 1 is 0.935 bits per heavy atom. The zero-order valence-electron chi connectivity index (χ0n) is 17.0. The van der Waals surface area contributed by atoms with E-state index in [2.05, 4.69) is 0 Å². The van der Waals surface area contributed by atoms with Crippen LogP contribution in [0.1, 0.15) is 26.3 Å². The Hall–Kier alpha value is -2.53. The molecule has 0 unspecified atom stereocenters. The van der Waals surface area contributed by atoms with Gasteiger partial charge in [0, 0.05) is 21.2 Å². The summed E-state index contributed by atoms with van der Waals surface area (Å²) in [6.45, 7) is 5.40. The first kappa shape index (κ1) is 21.7. The van der Waals surface area contributed by atoms with Gasteiger partial charge in [-0.1, -0.05) is 46.9 Å². The van der Waals surface area contributed by atoms with Crippen molar-refractivity contribution in [1.82, 2.24) is 4.98 Å². The van der Waals surface area contributed by atoms with E-state index in [1.807, 2.05) is 26.0 Å². The van der Waals surface area contributed by atoms with Crippen molar-refractivity contribution in [3.05, 3.63) is 74.7 Å². The monoisotopic (exact) mass is 473 g/mol. The Kier molecular flexibility index (Phi) is 5.50. The summed E-state index contributed by atoms with van der Waals surface area (Å²) in [5.74, 6) is -0.789. The topological polar surface area (TPSA) is 59.4 Å². The van der Waals surface area contributed by atoms with Gasteiger partial charge < -0.3 is 9.84 Å². The molecule has 0 saturated heterocycles. The van der Waals surface area contributed by atoms with Gasteiger partial charge in [-0.2, -0.15) is 0 Å². The molecule has 1 aliphatic rings. The molecule has 0 saturated carbocycles. The summed E-state index contributed by atoms with van der Waals surface area (Å²) in [5, 5.41) is 11.5. The van der Waals surface area contributed by atoms with Gasteiger partial charge in [-0.3, -0.25) is 0 Å². The molecule has 158 valence electrons. The van der Waals surface area contributed by atoms with Crippen LogP contribution in [0.4, 0.5) is 0 Å². The molecule has 0 radical (unpaired) electrons. The molecule has 2 aromatic carbocycles. The SMILES string of the molecule is CC1=C(C(=O)O)c2cc(-c3ccc(Cl)cc3)c(-c3ccc(Cl)cc3Cl)nc2OC1(C)C. The quantitative estimate of drug-likeness (QED) is 0.429. The zero-order chi connectivity index (χ0) is 22.5. The molecule has 0 amide bonds. The number of aromatic nitrogens is 1. The fourth-order valence-electron chi connectivity index (χ4n) is 3.59. The number of ether oxygens (including phenoxy) is 1. The highest BCUT2D eigenvalue weighted by atomic mass is 35.5. The number of carboxylic acids is 1. The lowest BCUT2D eigenvalue weighted by Crippen LogP contribution is -2.35. The average molecular weight is 475 g/mol. The molecular weight excluding hydrogens is 457 g/mol. The minimum absolute atomic E-state index is 0.183. The second-order valence-electron chi connectivity index (χ2n) is 7.79. The standard InChI is InChI=1S/C24H18Cl3NO3/c1-12-20(23(29)30)18-11-17(13-4-6-14(25)7-5-13)21(28-22(18)31-24(12,2)3)16-9-8-15(26)10-19(16)27/h4-11H,1-3H3,(H,29,30). The Labute approximate surface area is 195 Å². The molecule has 0 bridgehead atoms. The molecule has 0 atom stereocenters. The summed E-state index contributed by atoms with van der Waals surface area (Å²) in [5.41, 5.74) is 3.13. The van der Waals surface area contributed by atoms with Crippen molar-refractivity contribution in [2.45, 2.75) is 26.4 Å². The Balaban J connectivity index is 2.07. The fraction of sp³-hybridized carbons (Fsp3) is 0.167. The molecule has 7 heteroatoms. The van der Waals surface area contributed by atoms with Gasteiger partial charge >= 0.3 is 5.97 Å². The van der Waals surface area contributed by atoms with Gasteiger partial charge in [0.2, 0.25) is 5.88 Å². The highest BCUT2D eigenvalue weighted by molar-refractivity contribution is 6.36. The first-order chi connectivity index (χ1) is 14.6. The van der Waals surface area contributed by atoms with Crippen LogP contribution in [0, 0.1) is 0 Å². The number of pyridine rings is 1. The molecule has 1 aliphatic heterocycles. The summed E-state index contributed by atoms with van der Waals surface area (Å²) < 4.78 is 6.13. The maximum absolute atomic E-state index is 12.2. The number of benzene rings is 2. The van der Waals surface area contributed by atoms with Gasteiger partial charge in [0.05, 0.1) is 21.9 Å². The van der Waals surface area contributed by atoms with Crippen molar-refractivity contribution >= 4 is 46.3 Å². The molecule has 3 aromatic rings. The van der Waals surface area contributed by atoms with E-state index >= 15 is 0 Å². The van der Waals surface area contributed by atoms with Crippen LogP contribution in [-0.4, -0.2) is 21.7 Å². The van der Waals surface area contributed by atoms with Crippen molar-refractivity contribution in [2.24, 2.45) is 0 Å². The van der Waals surface area contributed by atoms with E-state index in [9.17, 15) is 9.90 Å². The molecule has 1 aromatic heterocycles. The second-order valence-corrected chi connectivity index (χ2v) is 9.07. The number of halogens is 3. The maximum Gasteiger partial charge on any atom is 0.336 e. The average Bonchev–Trinajstić information content (AvgIpc) is 2.68. The molecule has 4 nitrogen and oxygen atoms in total. The summed E-state index contributed by atoms with van der Waals surface area (Å²) >= 11 is 18.7. The predicted molar refractivity (Wildman–Crippen MR) is 125 cm³/mol. The minimum Gasteiger partial charge on any atom is -0.478 e. The third-order valence-corrected chi connectivity index (χ3v) is 6.24. The third-order valence-electron chi connectivity index (χ3n) is 5.44. The van der Waals surface area contributed by atoms with Gasteiger partial charge in [-0.05, 0) is 68.3 Å². The van der Waals surface area contributed by atoms with E-state index in [0.717, 1.165) is 5.56 Å². The lowest BCUT2D eigenvalue weighted by Gasteiger charge is -2.34. The van der Waals surface area contributed by atoms with Gasteiger partial charge in [-0.25, -0.2) is 9.78 Å². The number of carboxylic acid groups (broad SMARTS) is 1. The van der Waals surface area contributed by atoms with E-state index in [4.69, 9.17) is 44.5 Å². The van der Waals surface area contributed by atoms with Crippen LogP contribution in [0.2, 0.25) is 15.1 Å². The van der Waals surface area contributed by atoms with Crippen molar-refractivity contribution in [3.63, 3.8) is 0 Å². The molecular formula is C24H18Cl3NO3. The smallest absolute Gasteiger partial charge is 0.336 e. The molecule has 4 rings (SSSR count). The van der Waals surface area contributed by atoms with E-state index in [0.29, 0.717) is 43.0 Å². The van der Waals surface area contributed by atoms with Crippen LogP contribution in [0.15, 0.2) is 54.1 Å². The highest BCUT2D eigenvalue weighted by Crippen LogP contribution is 2.45. The van der Waals surface area contributed by atoms with Crippen LogP contribution in [-0.2, 0) is 4.79 Å². The predicted octanol–water partition coefficient (Wildman–Crippen LogP) is 7.40. The first-order valence-electron chi connectivity index (χ1n) is 9.49. The summed E-state index contributed by atoms with van der Waals surface area (Å²) in [4.78, 5) is 16.9. The highest BCUT2D eigenvalue weighted by Gasteiger charge is 2.37. The van der Waals surface area contributed by atoms with Crippen LogP contribution in [0.5, 0.6) is 5.88 Å². The van der Waals surface area contributed by atoms with Crippen molar-refractivity contribution in [3.8, 4) is 28.3 Å². The van der Waals surface area contributed by atoms with Gasteiger partial charge in [0.25, 0.3) is 0 Å². The van der Waals surface area contributed by atoms with Gasteiger partial charge in [-0.15, -0.1) is 0 Å². The Morgan fingerprint density at radius 3 is 2.19 bits per heavy atom. The summed E-state index contributed by atoms with van der Waals surface area (Å²) in [6.07, 6.45) is 0. The zero-order valence-corrected chi connectivity index (χ0v) is 19.2. The third kappa shape index (κ3) is 3.91. The maximum atomic E-state index is 12.2. The van der Waals surface area contributed by atoms with Crippen molar-refractivity contribution in [2.75, 3.05) is 0 Å². The lowest BCUT2D eigenvalue weighted by atomic mass is 9.86. The number of hydrogen-bond donors (Lipinski definition) is 1. The number of fused-ring (bicyclic) bond motifs is 1. The molecule has 0 aliphatic carbocycles. The number of hydrogen-bond acceptors (Lipinski definition) is 3. The van der Waals surface area contributed by atoms with Gasteiger partial charge in [0.1, 0.15) is 5.60 Å². The summed E-state index contributed by atoms with van der Waals surface area (Å²) in [6, 6.07) is 14.2. The largest absolute Gasteiger partial charge is 0.478 e. The van der Waals surface area contributed by atoms with Gasteiger partial charge in [0.15, 0.2) is 0 Å². The van der Waals surface area contributed by atoms with E-state index in [-0.39, 0.29) is 11.5 Å². The number of rotatable bonds is 3. The van der Waals surface area contributed by atoms with Crippen molar-refractivity contribution in [1.29, 1.82) is 0 Å². The van der Waals surface area contributed by atoms with Crippen LogP contribution in [0.3, 0.4) is 0 Å². The molecule has 2 heterocycles. The molecule has 1 N–H and O–H groups in total. The lowest BCUT2D eigenvalue weighted by molar-refractivity contribution is -0.130.